The lowest BCUT2D eigenvalue weighted by Gasteiger charge is -2.35. The summed E-state index contributed by atoms with van der Waals surface area (Å²) < 4.78 is 7.71. The van der Waals surface area contributed by atoms with Gasteiger partial charge in [-0.3, -0.25) is 9.69 Å². The standard InChI is InChI=1S/C27H30N6O2/c1-17-9-10-18(2)24-22(17)14-23(27(34)28-24)25(32-12-11-19-6-3-4-7-20(19)15-32)26-29-30-31-33(26)16-21-8-5-13-35-21/h3-4,6-7,9-10,14,21,25H,5,8,11-13,15-16H2,1-2H3,(H,28,34)/t21-,25-/m0/s1. The summed E-state index contributed by atoms with van der Waals surface area (Å²) in [5, 5.41) is 13.9. The maximum absolute atomic E-state index is 13.6. The zero-order chi connectivity index (χ0) is 23.9. The summed E-state index contributed by atoms with van der Waals surface area (Å²) in [6, 6.07) is 14.4. The molecular formula is C27H30N6O2. The van der Waals surface area contributed by atoms with Crippen LogP contribution in [0.4, 0.5) is 0 Å². The minimum absolute atomic E-state index is 0.0956. The largest absolute Gasteiger partial charge is 0.376 e. The summed E-state index contributed by atoms with van der Waals surface area (Å²) in [6.45, 7) is 7.02. The maximum atomic E-state index is 13.6. The molecule has 2 aromatic carbocycles. The van der Waals surface area contributed by atoms with Gasteiger partial charge >= 0.3 is 0 Å². The Morgan fingerprint density at radius 1 is 1.14 bits per heavy atom. The fraction of sp³-hybridized carbons (Fsp3) is 0.407. The topological polar surface area (TPSA) is 88.9 Å². The Balaban J connectivity index is 1.49. The number of rotatable bonds is 5. The lowest BCUT2D eigenvalue weighted by Crippen LogP contribution is -2.39. The summed E-state index contributed by atoms with van der Waals surface area (Å²) in [5.74, 6) is 0.690. The quantitative estimate of drug-likeness (QED) is 0.481. The van der Waals surface area contributed by atoms with Crippen molar-refractivity contribution < 1.29 is 4.74 Å². The van der Waals surface area contributed by atoms with Crippen molar-refractivity contribution in [1.82, 2.24) is 30.1 Å². The van der Waals surface area contributed by atoms with Gasteiger partial charge in [-0.25, -0.2) is 4.68 Å². The minimum atomic E-state index is -0.368. The van der Waals surface area contributed by atoms with Crippen molar-refractivity contribution in [3.05, 3.63) is 86.5 Å². The number of ether oxygens (including phenoxy) is 1. The Kier molecular flexibility index (Phi) is 5.70. The van der Waals surface area contributed by atoms with Gasteiger partial charge in [0.05, 0.1) is 18.2 Å². The van der Waals surface area contributed by atoms with Crippen LogP contribution < -0.4 is 5.56 Å². The second kappa shape index (κ2) is 9.02. The molecule has 0 radical (unpaired) electrons. The van der Waals surface area contributed by atoms with E-state index < -0.39 is 0 Å². The number of hydrogen-bond acceptors (Lipinski definition) is 6. The summed E-state index contributed by atoms with van der Waals surface area (Å²) in [7, 11) is 0. The third-order valence-electron chi connectivity index (χ3n) is 7.50. The molecule has 8 heteroatoms. The Hall–Kier alpha value is -3.36. The molecule has 1 saturated heterocycles. The first-order valence-corrected chi connectivity index (χ1v) is 12.4. The zero-order valence-corrected chi connectivity index (χ0v) is 20.2. The fourth-order valence-corrected chi connectivity index (χ4v) is 5.55. The number of fused-ring (bicyclic) bond motifs is 2. The lowest BCUT2D eigenvalue weighted by atomic mass is 9.95. The first kappa shape index (κ1) is 22.1. The molecule has 2 atom stereocenters. The molecule has 6 rings (SSSR count). The lowest BCUT2D eigenvalue weighted by molar-refractivity contribution is 0.0904. The van der Waals surface area contributed by atoms with E-state index in [9.17, 15) is 4.79 Å². The van der Waals surface area contributed by atoms with Crippen molar-refractivity contribution in [3.8, 4) is 0 Å². The van der Waals surface area contributed by atoms with Crippen LogP contribution in [0, 0.1) is 13.8 Å². The van der Waals surface area contributed by atoms with E-state index in [1.165, 1.54) is 11.1 Å². The Morgan fingerprint density at radius 2 is 1.97 bits per heavy atom. The number of aromatic nitrogens is 5. The number of benzene rings is 2. The molecule has 4 heterocycles. The molecule has 2 aliphatic rings. The first-order chi connectivity index (χ1) is 17.1. The smallest absolute Gasteiger partial charge is 0.253 e. The van der Waals surface area contributed by atoms with E-state index in [1.807, 2.05) is 17.7 Å². The molecule has 0 saturated carbocycles. The van der Waals surface area contributed by atoms with Crippen LogP contribution in [-0.2, 0) is 24.2 Å². The number of H-pyrrole nitrogens is 1. The molecular weight excluding hydrogens is 440 g/mol. The van der Waals surface area contributed by atoms with Crippen molar-refractivity contribution >= 4 is 10.9 Å². The highest BCUT2D eigenvalue weighted by atomic mass is 16.5. The van der Waals surface area contributed by atoms with Crippen LogP contribution in [0.1, 0.15) is 52.5 Å². The van der Waals surface area contributed by atoms with E-state index in [2.05, 4.69) is 68.7 Å². The second-order valence-corrected chi connectivity index (χ2v) is 9.79. The van der Waals surface area contributed by atoms with E-state index >= 15 is 0 Å². The van der Waals surface area contributed by atoms with Crippen molar-refractivity contribution in [2.24, 2.45) is 0 Å². The molecule has 4 aromatic rings. The van der Waals surface area contributed by atoms with Gasteiger partial charge in [0.1, 0.15) is 6.04 Å². The highest BCUT2D eigenvalue weighted by Crippen LogP contribution is 2.32. The molecule has 2 aliphatic heterocycles. The molecule has 0 spiro atoms. The van der Waals surface area contributed by atoms with Crippen LogP contribution in [0.3, 0.4) is 0 Å². The monoisotopic (exact) mass is 470 g/mol. The Bertz CT molecular complexity index is 1440. The molecule has 0 amide bonds. The Labute approximate surface area is 203 Å². The molecule has 0 unspecified atom stereocenters. The first-order valence-electron chi connectivity index (χ1n) is 12.4. The van der Waals surface area contributed by atoms with Crippen LogP contribution in [0.5, 0.6) is 0 Å². The van der Waals surface area contributed by atoms with E-state index in [0.29, 0.717) is 17.9 Å². The van der Waals surface area contributed by atoms with Crippen molar-refractivity contribution in [2.75, 3.05) is 13.2 Å². The zero-order valence-electron chi connectivity index (χ0n) is 20.2. The van der Waals surface area contributed by atoms with E-state index in [0.717, 1.165) is 61.0 Å². The van der Waals surface area contributed by atoms with Crippen molar-refractivity contribution in [1.29, 1.82) is 0 Å². The van der Waals surface area contributed by atoms with Crippen LogP contribution in [-0.4, -0.2) is 49.3 Å². The molecule has 35 heavy (non-hydrogen) atoms. The molecule has 1 N–H and O–H groups in total. The predicted molar refractivity (Wildman–Crippen MR) is 133 cm³/mol. The third kappa shape index (κ3) is 4.06. The van der Waals surface area contributed by atoms with E-state index in [1.54, 1.807) is 0 Å². The van der Waals surface area contributed by atoms with Crippen LogP contribution in [0.15, 0.2) is 47.3 Å². The van der Waals surface area contributed by atoms with Crippen LogP contribution in [0.2, 0.25) is 0 Å². The highest BCUT2D eigenvalue weighted by molar-refractivity contribution is 5.85. The normalized spacial score (nSPS) is 19.2. The van der Waals surface area contributed by atoms with Gasteiger partial charge < -0.3 is 9.72 Å². The predicted octanol–water partition coefficient (Wildman–Crippen LogP) is 3.46. The average molecular weight is 471 g/mol. The second-order valence-electron chi connectivity index (χ2n) is 9.79. The van der Waals surface area contributed by atoms with E-state index in [4.69, 9.17) is 4.74 Å². The summed E-state index contributed by atoms with van der Waals surface area (Å²) in [6.07, 6.45) is 3.07. The summed E-state index contributed by atoms with van der Waals surface area (Å²) in [5.41, 5.74) is 6.30. The van der Waals surface area contributed by atoms with Crippen molar-refractivity contribution in [3.63, 3.8) is 0 Å². The number of tetrazole rings is 1. The SMILES string of the molecule is Cc1ccc(C)c2[nH]c(=O)c([C@@H](c3nnnn3C[C@@H]3CCCO3)N3CCc4ccccc4C3)cc12. The third-order valence-corrected chi connectivity index (χ3v) is 7.50. The number of nitrogens with one attached hydrogen (secondary N) is 1. The van der Waals surface area contributed by atoms with Crippen LogP contribution >= 0.6 is 0 Å². The van der Waals surface area contributed by atoms with Gasteiger partial charge in [-0.2, -0.15) is 0 Å². The van der Waals surface area contributed by atoms with Crippen molar-refractivity contribution in [2.45, 2.75) is 58.3 Å². The number of pyridine rings is 1. The molecule has 1 fully saturated rings. The van der Waals surface area contributed by atoms with E-state index in [-0.39, 0.29) is 17.7 Å². The number of nitrogens with zero attached hydrogens (tertiary/aromatic N) is 5. The Morgan fingerprint density at radius 3 is 2.80 bits per heavy atom. The van der Waals surface area contributed by atoms with Gasteiger partial charge in [-0.05, 0) is 71.9 Å². The number of hydrogen-bond donors (Lipinski definition) is 1. The summed E-state index contributed by atoms with van der Waals surface area (Å²) >= 11 is 0. The van der Waals surface area contributed by atoms with Crippen LogP contribution in [0.25, 0.3) is 10.9 Å². The minimum Gasteiger partial charge on any atom is -0.376 e. The van der Waals surface area contributed by atoms with Gasteiger partial charge in [0.2, 0.25) is 0 Å². The summed E-state index contributed by atoms with van der Waals surface area (Å²) in [4.78, 5) is 19.1. The molecule has 180 valence electrons. The fourth-order valence-electron chi connectivity index (χ4n) is 5.55. The number of aryl methyl sites for hydroxylation is 2. The molecule has 2 aromatic heterocycles. The molecule has 8 nitrogen and oxygen atoms in total. The maximum Gasteiger partial charge on any atom is 0.253 e. The van der Waals surface area contributed by atoms with Gasteiger partial charge in [0.25, 0.3) is 5.56 Å². The van der Waals surface area contributed by atoms with Gasteiger partial charge in [0, 0.05) is 30.6 Å². The average Bonchev–Trinajstić information content (AvgIpc) is 3.55. The highest BCUT2D eigenvalue weighted by Gasteiger charge is 2.33. The number of aromatic amines is 1. The molecule has 0 bridgehead atoms. The van der Waals surface area contributed by atoms with Gasteiger partial charge in [-0.1, -0.05) is 36.4 Å². The van der Waals surface area contributed by atoms with Gasteiger partial charge in [0.15, 0.2) is 5.82 Å². The molecule has 0 aliphatic carbocycles. The van der Waals surface area contributed by atoms with Gasteiger partial charge in [-0.15, -0.1) is 5.10 Å².